The van der Waals surface area contributed by atoms with E-state index in [0.717, 1.165) is 11.3 Å². The van der Waals surface area contributed by atoms with Crippen molar-refractivity contribution in [2.75, 3.05) is 20.7 Å². The fourth-order valence-electron chi connectivity index (χ4n) is 2.07. The quantitative estimate of drug-likeness (QED) is 0.353. The molecule has 1 heterocycles. The highest BCUT2D eigenvalue weighted by molar-refractivity contribution is 14.0. The number of aromatic nitrogens is 1. The van der Waals surface area contributed by atoms with Crippen LogP contribution in [0.25, 0.3) is 0 Å². The number of nitrogens with one attached hydrogen (secondary N) is 2. The van der Waals surface area contributed by atoms with Gasteiger partial charge in [0, 0.05) is 30.9 Å². The first kappa shape index (κ1) is 22.3. The predicted molar refractivity (Wildman–Crippen MR) is 116 cm³/mol. The first-order chi connectivity index (χ1) is 12.1. The lowest BCUT2D eigenvalue weighted by Crippen LogP contribution is -2.41. The van der Waals surface area contributed by atoms with Gasteiger partial charge in [-0.15, -0.1) is 24.0 Å². The zero-order valence-corrected chi connectivity index (χ0v) is 18.1. The maximum absolute atomic E-state index is 5.87. The molecule has 26 heavy (non-hydrogen) atoms. The third kappa shape index (κ3) is 7.65. The first-order valence-corrected chi connectivity index (χ1v) is 8.34. The van der Waals surface area contributed by atoms with Crippen LogP contribution in [0.1, 0.15) is 12.5 Å². The molecular weight excluding hydrogens is 467 g/mol. The van der Waals surface area contributed by atoms with E-state index in [1.54, 1.807) is 32.5 Å². The van der Waals surface area contributed by atoms with E-state index in [2.05, 4.69) is 20.6 Å². The molecule has 0 fully saturated rings. The number of rotatable bonds is 7. The van der Waals surface area contributed by atoms with E-state index in [0.29, 0.717) is 30.0 Å². The second kappa shape index (κ2) is 11.8. The van der Waals surface area contributed by atoms with Gasteiger partial charge in [-0.2, -0.15) is 0 Å². The molecule has 142 valence electrons. The molecule has 8 heteroatoms. The van der Waals surface area contributed by atoms with Crippen LogP contribution in [0.5, 0.6) is 11.6 Å². The average molecular weight is 491 g/mol. The van der Waals surface area contributed by atoms with Crippen molar-refractivity contribution in [2.24, 2.45) is 4.99 Å². The Morgan fingerprint density at radius 1 is 1.19 bits per heavy atom. The molecule has 2 N–H and O–H groups in total. The van der Waals surface area contributed by atoms with Gasteiger partial charge in [-0.05, 0) is 36.8 Å². The number of aliphatic imine (C=N–C) groups is 1. The van der Waals surface area contributed by atoms with E-state index in [4.69, 9.17) is 21.1 Å². The van der Waals surface area contributed by atoms with Gasteiger partial charge in [0.15, 0.2) is 5.96 Å². The predicted octanol–water partition coefficient (Wildman–Crippen LogP) is 3.49. The Hall–Kier alpha value is -1.74. The number of guanidine groups is 1. The number of hydrogen-bond donors (Lipinski definition) is 2. The molecule has 0 aliphatic rings. The molecule has 1 unspecified atom stereocenters. The number of pyridine rings is 1. The van der Waals surface area contributed by atoms with Gasteiger partial charge in [-0.3, -0.25) is 4.99 Å². The Kier molecular flexibility index (Phi) is 10.1. The third-order valence-electron chi connectivity index (χ3n) is 3.40. The minimum Gasteiger partial charge on any atom is -0.489 e. The zero-order chi connectivity index (χ0) is 18.1. The summed E-state index contributed by atoms with van der Waals surface area (Å²) in [6.07, 6.45) is 1.74. The van der Waals surface area contributed by atoms with Gasteiger partial charge in [-0.25, -0.2) is 4.98 Å². The Morgan fingerprint density at radius 3 is 2.50 bits per heavy atom. The highest BCUT2D eigenvalue weighted by Crippen LogP contribution is 2.16. The Morgan fingerprint density at radius 2 is 1.92 bits per heavy atom. The molecule has 0 amide bonds. The summed E-state index contributed by atoms with van der Waals surface area (Å²) in [5.41, 5.74) is 1.04. The number of benzene rings is 1. The maximum Gasteiger partial charge on any atom is 0.212 e. The monoisotopic (exact) mass is 490 g/mol. The van der Waals surface area contributed by atoms with Crippen molar-refractivity contribution >= 4 is 41.5 Å². The Balaban J connectivity index is 0.00000338. The van der Waals surface area contributed by atoms with Gasteiger partial charge in [0.25, 0.3) is 0 Å². The molecule has 0 saturated carbocycles. The third-order valence-corrected chi connectivity index (χ3v) is 3.65. The van der Waals surface area contributed by atoms with Gasteiger partial charge in [0.2, 0.25) is 5.88 Å². The second-order valence-electron chi connectivity index (χ2n) is 5.40. The number of hydrogen-bond acceptors (Lipinski definition) is 4. The SMILES string of the molecule is CN=C(NCc1ccc(OC)nc1)NCC(C)Oc1ccc(Cl)cc1.I. The summed E-state index contributed by atoms with van der Waals surface area (Å²) in [6.45, 7) is 3.22. The fraction of sp³-hybridized carbons (Fsp3) is 0.333. The largest absolute Gasteiger partial charge is 0.489 e. The molecule has 0 aliphatic heterocycles. The average Bonchev–Trinajstić information content (AvgIpc) is 2.64. The molecule has 0 saturated heterocycles. The van der Waals surface area contributed by atoms with E-state index in [1.807, 2.05) is 31.2 Å². The summed E-state index contributed by atoms with van der Waals surface area (Å²) in [5, 5.41) is 7.16. The van der Waals surface area contributed by atoms with Crippen molar-refractivity contribution < 1.29 is 9.47 Å². The molecule has 1 aromatic carbocycles. The lowest BCUT2D eigenvalue weighted by atomic mass is 10.3. The molecular formula is C18H24ClIN4O2. The Labute approximate surface area is 176 Å². The fourth-order valence-corrected chi connectivity index (χ4v) is 2.20. The topological polar surface area (TPSA) is 67.8 Å². The minimum atomic E-state index is -0.0256. The second-order valence-corrected chi connectivity index (χ2v) is 5.83. The van der Waals surface area contributed by atoms with E-state index in [-0.39, 0.29) is 30.1 Å². The Bertz CT molecular complexity index is 681. The summed E-state index contributed by atoms with van der Waals surface area (Å²) in [6, 6.07) is 11.1. The molecule has 1 atom stereocenters. The van der Waals surface area contributed by atoms with Gasteiger partial charge < -0.3 is 20.1 Å². The molecule has 0 spiro atoms. The molecule has 1 aromatic heterocycles. The molecule has 2 aromatic rings. The number of halogens is 2. The van der Waals surface area contributed by atoms with Crippen molar-refractivity contribution in [3.63, 3.8) is 0 Å². The standard InChI is InChI=1S/C18H23ClN4O2.HI/c1-13(25-16-7-5-15(19)6-8-16)10-22-18(20-2)23-12-14-4-9-17(24-3)21-11-14;/h4-9,11,13H,10,12H2,1-3H3,(H2,20,22,23);1H. The highest BCUT2D eigenvalue weighted by atomic mass is 127. The summed E-state index contributed by atoms with van der Waals surface area (Å²) in [4.78, 5) is 8.38. The number of methoxy groups -OCH3 is 1. The van der Waals surface area contributed by atoms with Crippen molar-refractivity contribution in [2.45, 2.75) is 19.6 Å². The summed E-state index contributed by atoms with van der Waals surface area (Å²) >= 11 is 5.87. The summed E-state index contributed by atoms with van der Waals surface area (Å²) in [5.74, 6) is 2.08. The van der Waals surface area contributed by atoms with Crippen molar-refractivity contribution in [1.29, 1.82) is 0 Å². The van der Waals surface area contributed by atoms with Crippen molar-refractivity contribution in [1.82, 2.24) is 15.6 Å². The van der Waals surface area contributed by atoms with Gasteiger partial charge >= 0.3 is 0 Å². The van der Waals surface area contributed by atoms with Crippen LogP contribution in [0.2, 0.25) is 5.02 Å². The summed E-state index contributed by atoms with van der Waals surface area (Å²) < 4.78 is 10.9. The van der Waals surface area contributed by atoms with Crippen LogP contribution < -0.4 is 20.1 Å². The minimum absolute atomic E-state index is 0. The molecule has 0 radical (unpaired) electrons. The van der Waals surface area contributed by atoms with Crippen LogP contribution in [0, 0.1) is 0 Å². The van der Waals surface area contributed by atoms with Crippen LogP contribution in [0.15, 0.2) is 47.6 Å². The first-order valence-electron chi connectivity index (χ1n) is 7.96. The normalized spacial score (nSPS) is 11.9. The zero-order valence-electron chi connectivity index (χ0n) is 15.0. The van der Waals surface area contributed by atoms with Gasteiger partial charge in [0.05, 0.1) is 13.7 Å². The lowest BCUT2D eigenvalue weighted by Gasteiger charge is -2.18. The van der Waals surface area contributed by atoms with Crippen LogP contribution in [-0.2, 0) is 6.54 Å². The molecule has 0 bridgehead atoms. The van der Waals surface area contributed by atoms with E-state index in [9.17, 15) is 0 Å². The van der Waals surface area contributed by atoms with E-state index >= 15 is 0 Å². The molecule has 0 aliphatic carbocycles. The lowest BCUT2D eigenvalue weighted by molar-refractivity contribution is 0.224. The number of ether oxygens (including phenoxy) is 2. The van der Waals surface area contributed by atoms with Gasteiger partial charge in [0.1, 0.15) is 11.9 Å². The van der Waals surface area contributed by atoms with E-state index in [1.165, 1.54) is 0 Å². The maximum atomic E-state index is 5.87. The van der Waals surface area contributed by atoms with Gasteiger partial charge in [-0.1, -0.05) is 17.7 Å². The molecule has 6 nitrogen and oxygen atoms in total. The van der Waals surface area contributed by atoms with Crippen LogP contribution in [-0.4, -0.2) is 37.7 Å². The van der Waals surface area contributed by atoms with Crippen molar-refractivity contribution in [3.8, 4) is 11.6 Å². The van der Waals surface area contributed by atoms with Crippen LogP contribution >= 0.6 is 35.6 Å². The van der Waals surface area contributed by atoms with Crippen LogP contribution in [0.3, 0.4) is 0 Å². The highest BCUT2D eigenvalue weighted by Gasteiger charge is 2.06. The van der Waals surface area contributed by atoms with E-state index < -0.39 is 0 Å². The summed E-state index contributed by atoms with van der Waals surface area (Å²) in [7, 11) is 3.33. The van der Waals surface area contributed by atoms with Crippen molar-refractivity contribution in [3.05, 3.63) is 53.2 Å². The smallest absolute Gasteiger partial charge is 0.212 e. The van der Waals surface area contributed by atoms with Crippen LogP contribution in [0.4, 0.5) is 0 Å². The molecule has 2 rings (SSSR count). The number of nitrogens with zero attached hydrogens (tertiary/aromatic N) is 2.